The van der Waals surface area contributed by atoms with E-state index >= 15 is 0 Å². The number of benzene rings is 2. The molecular weight excluding hydrogens is 461 g/mol. The van der Waals surface area contributed by atoms with Gasteiger partial charge in [0.2, 0.25) is 0 Å². The predicted molar refractivity (Wildman–Crippen MR) is 126 cm³/mol. The number of nitrogens with zero attached hydrogens (tertiary/aromatic N) is 3. The summed E-state index contributed by atoms with van der Waals surface area (Å²) >= 11 is 0. The minimum atomic E-state index is 0. The van der Waals surface area contributed by atoms with Crippen LogP contribution in [0.5, 0.6) is 0 Å². The van der Waals surface area contributed by atoms with Crippen LogP contribution in [0.1, 0.15) is 27.8 Å². The van der Waals surface area contributed by atoms with Crippen molar-refractivity contribution in [3.63, 3.8) is 0 Å². The Kier molecular flexibility index (Phi) is 8.50. The zero-order valence-electron chi connectivity index (χ0n) is 16.6. The van der Waals surface area contributed by atoms with Crippen molar-refractivity contribution in [1.29, 1.82) is 0 Å². The molecule has 0 amide bonds. The Morgan fingerprint density at radius 1 is 1.04 bits per heavy atom. The third kappa shape index (κ3) is 6.37. The van der Waals surface area contributed by atoms with Crippen molar-refractivity contribution in [1.82, 2.24) is 20.2 Å². The van der Waals surface area contributed by atoms with Crippen LogP contribution in [-0.4, -0.2) is 22.6 Å². The fourth-order valence-electron chi connectivity index (χ4n) is 3.06. The largest absolute Gasteiger partial charge is 0.352 e. The summed E-state index contributed by atoms with van der Waals surface area (Å²) in [7, 11) is 1.80. The van der Waals surface area contributed by atoms with Gasteiger partial charge in [-0.25, -0.2) is 4.98 Å². The molecule has 2 aromatic carbocycles. The second-order valence-corrected chi connectivity index (χ2v) is 6.76. The molecule has 1 aromatic heterocycles. The molecule has 0 bridgehead atoms. The number of hydrogen-bond acceptors (Lipinski definition) is 2. The lowest BCUT2D eigenvalue weighted by molar-refractivity contribution is 0.786. The van der Waals surface area contributed by atoms with E-state index in [2.05, 4.69) is 81.5 Å². The van der Waals surface area contributed by atoms with Crippen LogP contribution in [0.2, 0.25) is 0 Å². The van der Waals surface area contributed by atoms with Crippen molar-refractivity contribution >= 4 is 29.9 Å². The Bertz CT molecular complexity index is 903. The molecule has 1 heterocycles. The number of aryl methyl sites for hydroxylation is 2. The summed E-state index contributed by atoms with van der Waals surface area (Å²) in [6, 6.07) is 15.1. The molecule has 28 heavy (non-hydrogen) atoms. The van der Waals surface area contributed by atoms with Gasteiger partial charge in [0.1, 0.15) is 0 Å². The molecule has 5 nitrogen and oxygen atoms in total. The van der Waals surface area contributed by atoms with Crippen LogP contribution in [0, 0.1) is 13.8 Å². The van der Waals surface area contributed by atoms with E-state index in [1.807, 2.05) is 12.5 Å². The second kappa shape index (κ2) is 10.8. The highest BCUT2D eigenvalue weighted by Gasteiger charge is 2.03. The molecule has 0 saturated carbocycles. The topological polar surface area (TPSA) is 54.2 Å². The third-order valence-electron chi connectivity index (χ3n) is 4.54. The molecule has 6 heteroatoms. The Morgan fingerprint density at radius 2 is 1.82 bits per heavy atom. The normalized spacial score (nSPS) is 11.0. The van der Waals surface area contributed by atoms with E-state index < -0.39 is 0 Å². The Hall–Kier alpha value is -2.35. The zero-order valence-corrected chi connectivity index (χ0v) is 19.0. The minimum Gasteiger partial charge on any atom is -0.352 e. The maximum absolute atomic E-state index is 4.33. The lowest BCUT2D eigenvalue weighted by Gasteiger charge is -2.14. The zero-order chi connectivity index (χ0) is 19.1. The quantitative estimate of drug-likeness (QED) is 0.313. The van der Waals surface area contributed by atoms with Gasteiger partial charge in [0.15, 0.2) is 5.96 Å². The molecule has 3 aromatic rings. The molecule has 0 unspecified atom stereocenters. The summed E-state index contributed by atoms with van der Waals surface area (Å²) in [6.45, 7) is 6.57. The van der Waals surface area contributed by atoms with Gasteiger partial charge in [0.25, 0.3) is 0 Å². The summed E-state index contributed by atoms with van der Waals surface area (Å²) in [4.78, 5) is 8.43. The SMILES string of the molecule is CN=C(NCc1cccc(Cn2ccnc2)c1)NCc1ccc(C)cc1C.I. The maximum atomic E-state index is 4.33. The van der Waals surface area contributed by atoms with E-state index in [1.54, 1.807) is 13.2 Å². The first-order valence-electron chi connectivity index (χ1n) is 9.18. The Morgan fingerprint density at radius 3 is 2.54 bits per heavy atom. The first kappa shape index (κ1) is 21.9. The lowest BCUT2D eigenvalue weighted by atomic mass is 10.1. The monoisotopic (exact) mass is 489 g/mol. The predicted octanol–water partition coefficient (Wildman–Crippen LogP) is 4.03. The molecule has 0 aliphatic rings. The summed E-state index contributed by atoms with van der Waals surface area (Å²) in [5, 5.41) is 6.79. The van der Waals surface area contributed by atoms with Gasteiger partial charge in [-0.2, -0.15) is 0 Å². The van der Waals surface area contributed by atoms with Crippen molar-refractivity contribution in [2.24, 2.45) is 4.99 Å². The van der Waals surface area contributed by atoms with Gasteiger partial charge < -0.3 is 15.2 Å². The second-order valence-electron chi connectivity index (χ2n) is 6.76. The fraction of sp³-hybridized carbons (Fsp3) is 0.273. The molecule has 0 saturated heterocycles. The number of imidazole rings is 1. The van der Waals surface area contributed by atoms with Gasteiger partial charge >= 0.3 is 0 Å². The number of aromatic nitrogens is 2. The minimum absolute atomic E-state index is 0. The van der Waals surface area contributed by atoms with Gasteiger partial charge in [-0.3, -0.25) is 4.99 Å². The number of hydrogen-bond donors (Lipinski definition) is 2. The van der Waals surface area contributed by atoms with Gasteiger partial charge in [0.05, 0.1) is 6.33 Å². The summed E-state index contributed by atoms with van der Waals surface area (Å²) in [6.07, 6.45) is 5.62. The molecule has 2 N–H and O–H groups in total. The summed E-state index contributed by atoms with van der Waals surface area (Å²) in [5.41, 5.74) is 6.35. The lowest BCUT2D eigenvalue weighted by Crippen LogP contribution is -2.36. The Balaban J connectivity index is 0.00000280. The van der Waals surface area contributed by atoms with E-state index in [9.17, 15) is 0 Å². The summed E-state index contributed by atoms with van der Waals surface area (Å²) < 4.78 is 2.07. The molecule has 0 atom stereocenters. The highest BCUT2D eigenvalue weighted by atomic mass is 127. The molecule has 3 rings (SSSR count). The average molecular weight is 489 g/mol. The van der Waals surface area contributed by atoms with Crippen molar-refractivity contribution < 1.29 is 0 Å². The van der Waals surface area contributed by atoms with Gasteiger partial charge in [-0.15, -0.1) is 24.0 Å². The van der Waals surface area contributed by atoms with Crippen LogP contribution in [0.3, 0.4) is 0 Å². The molecule has 0 aliphatic heterocycles. The number of rotatable bonds is 6. The first-order chi connectivity index (χ1) is 13.1. The van der Waals surface area contributed by atoms with Crippen LogP contribution in [-0.2, 0) is 19.6 Å². The number of aliphatic imine (C=N–C) groups is 1. The number of halogens is 1. The Labute approximate surface area is 184 Å². The highest BCUT2D eigenvalue weighted by molar-refractivity contribution is 14.0. The molecule has 0 radical (unpaired) electrons. The van der Waals surface area contributed by atoms with Crippen molar-refractivity contribution in [2.45, 2.75) is 33.5 Å². The summed E-state index contributed by atoms with van der Waals surface area (Å²) in [5.74, 6) is 0.801. The highest BCUT2D eigenvalue weighted by Crippen LogP contribution is 2.10. The molecule has 0 spiro atoms. The van der Waals surface area contributed by atoms with Crippen LogP contribution < -0.4 is 10.6 Å². The van der Waals surface area contributed by atoms with Crippen LogP contribution >= 0.6 is 24.0 Å². The van der Waals surface area contributed by atoms with Crippen LogP contribution in [0.15, 0.2) is 66.2 Å². The van der Waals surface area contributed by atoms with Crippen LogP contribution in [0.25, 0.3) is 0 Å². The number of nitrogens with one attached hydrogen (secondary N) is 2. The van der Waals surface area contributed by atoms with E-state index in [4.69, 9.17) is 0 Å². The fourth-order valence-corrected chi connectivity index (χ4v) is 3.06. The van der Waals surface area contributed by atoms with Crippen molar-refractivity contribution in [3.05, 3.63) is 89.0 Å². The van der Waals surface area contributed by atoms with E-state index in [0.717, 1.165) is 25.6 Å². The van der Waals surface area contributed by atoms with Crippen molar-refractivity contribution in [2.75, 3.05) is 7.05 Å². The average Bonchev–Trinajstić information content (AvgIpc) is 3.16. The maximum Gasteiger partial charge on any atom is 0.191 e. The molecule has 148 valence electrons. The van der Waals surface area contributed by atoms with E-state index in [1.165, 1.54) is 27.8 Å². The van der Waals surface area contributed by atoms with Gasteiger partial charge in [-0.05, 0) is 36.1 Å². The molecular formula is C22H28IN5. The van der Waals surface area contributed by atoms with E-state index in [-0.39, 0.29) is 24.0 Å². The van der Waals surface area contributed by atoms with Gasteiger partial charge in [0, 0.05) is 39.1 Å². The smallest absolute Gasteiger partial charge is 0.191 e. The van der Waals surface area contributed by atoms with Crippen molar-refractivity contribution in [3.8, 4) is 0 Å². The molecule has 0 fully saturated rings. The third-order valence-corrected chi connectivity index (χ3v) is 4.54. The number of guanidine groups is 1. The standard InChI is InChI=1S/C22H27N5.HI/c1-17-7-8-21(18(2)11-17)14-26-22(23-3)25-13-19-5-4-6-20(12-19)15-27-10-9-24-16-27;/h4-12,16H,13-15H2,1-3H3,(H2,23,25,26);1H. The van der Waals surface area contributed by atoms with Gasteiger partial charge in [-0.1, -0.05) is 48.0 Å². The van der Waals surface area contributed by atoms with E-state index in [0.29, 0.717) is 0 Å². The van der Waals surface area contributed by atoms with Crippen LogP contribution in [0.4, 0.5) is 0 Å². The molecule has 0 aliphatic carbocycles. The first-order valence-corrected chi connectivity index (χ1v) is 9.18.